The second-order valence-corrected chi connectivity index (χ2v) is 44.2. The van der Waals surface area contributed by atoms with Gasteiger partial charge < -0.3 is 53.6 Å². The third kappa shape index (κ3) is 57.6. The van der Waals surface area contributed by atoms with Gasteiger partial charge in [-0.05, 0) is 321 Å². The molecule has 0 aliphatic carbocycles. The number of ether oxygens (including phenoxy) is 2. The van der Waals surface area contributed by atoms with Gasteiger partial charge in [0.15, 0.2) is 0 Å². The van der Waals surface area contributed by atoms with Crippen molar-refractivity contribution in [2.24, 2.45) is 11.8 Å². The molecule has 22 heteroatoms. The normalized spacial score (nSPS) is 10.8. The van der Waals surface area contributed by atoms with Crippen LogP contribution in [0, 0.1) is 34.5 Å². The predicted octanol–water partition coefficient (Wildman–Crippen LogP) is 37.8. The first kappa shape index (κ1) is 131. The van der Waals surface area contributed by atoms with Gasteiger partial charge in [0.25, 0.3) is 0 Å². The van der Waals surface area contributed by atoms with E-state index in [1.165, 1.54) is 177 Å². The predicted molar refractivity (Wildman–Crippen MR) is 663 cm³/mol. The fraction of sp³-hybridized carbons (Fsp3) is 0.443. The smallest absolute Gasteiger partial charge is 0.0640 e. The topological polar surface area (TPSA) is 95.2 Å². The number of unbranched alkanes of at least 4 members (excludes halogenated alkanes) is 4. The van der Waals surface area contributed by atoms with Crippen molar-refractivity contribution in [1.29, 1.82) is 10.5 Å². The highest BCUT2D eigenvalue weighted by molar-refractivity contribution is 9.12. The lowest BCUT2D eigenvalue weighted by Crippen LogP contribution is -2.36. The van der Waals surface area contributed by atoms with Crippen LogP contribution >= 0.6 is 143 Å². The van der Waals surface area contributed by atoms with Gasteiger partial charge in [-0.25, -0.2) is 0 Å². The Hall–Kier alpha value is -7.16. The van der Waals surface area contributed by atoms with E-state index >= 15 is 0 Å². The first-order valence-corrected chi connectivity index (χ1v) is 59.0. The maximum atomic E-state index is 8.58. The molecule has 0 saturated heterocycles. The van der Waals surface area contributed by atoms with E-state index in [1.807, 2.05) is 62.6 Å². The van der Waals surface area contributed by atoms with Crippen LogP contribution in [0.2, 0.25) is 0 Å². The van der Waals surface area contributed by atoms with Gasteiger partial charge in [0.1, 0.15) is 0 Å². The third-order valence-corrected chi connectivity index (χ3v) is 28.6. The van der Waals surface area contributed by atoms with Crippen LogP contribution in [0.25, 0.3) is 0 Å². The first-order valence-electron chi connectivity index (χ1n) is 51.9. The molecule has 0 N–H and O–H groups in total. The summed E-state index contributed by atoms with van der Waals surface area (Å²) in [6.07, 6.45) is 19.1. The van der Waals surface area contributed by atoms with E-state index in [0.717, 1.165) is 119 Å². The van der Waals surface area contributed by atoms with Gasteiger partial charge in [-0.15, -0.1) is 0 Å². The fourth-order valence-electron chi connectivity index (χ4n) is 15.8. The SMILES string of the molecule is Brc1ccc(N(Cc2ccccc2)Cc2ccccc2)cc1.CC(C)N(c1ccc(Br)cc1)C(C)C.CCCCC(CC)CN(CC(CC)CCCC)c1ccc(Br)cc1.CCCCN(CCCC)c1ccc(Br)cc1.CCCN(CCC)c1ccc(Br)cc1.CCN(CC)c1ccc(Br)cc1.CN(C)c1ccc(Br)cc1.COCCN(CCOC)c1ccc(Br)cc1.N#CCCN(CCC#N)c1ccc(Br)cc1. The Morgan fingerprint density at radius 1 is 0.264 bits per heavy atom. The van der Waals surface area contributed by atoms with Crippen LogP contribution in [0.4, 0.5) is 51.2 Å². The zero-order valence-electron chi connectivity index (χ0n) is 89.6. The summed E-state index contributed by atoms with van der Waals surface area (Å²) in [6, 6.07) is 102. The standard InChI is InChI=1S/C22H38BrN.C20H18BrN.C14H22BrN.C12H12BrN3.C12H18BrNO2.2C12H18BrN.C10H14BrN.C8H10BrN/c1-5-9-11-19(7-3)17-24(18-20(8-4)12-10-6-2)22-15-13-21(23)14-16-22;21-19-11-13-20(14-12-19)22(15-17-7-3-1-4-8-17)16-18-9-5-2-6-10-18;1-3-5-11-16(12-6-4-2)14-9-7-13(15)8-10-14;13-11-3-5-12(6-4-11)16(9-1-7-14)10-2-8-15;1-15-9-7-14(8-10-16-2)12-5-3-11(13)4-6-12;1-9(2)14(10(3)4)12-7-5-11(13)6-8-12;1-3-9-14(10-4-2)12-7-5-11(13)6-8-12;1-3-12(4-2)10-7-5-9(11)6-8-10;1-10(2)8-5-3-7(9)4-6-8/h13-16,19-20H,5-12,17-18H2,1-4H3;1-14H,15-16H2;7-10H,3-6,11-12H2,1-2H3;3-6H,1-2,9-10H2;3-6H,7-10H2,1-2H3;5-10H,1-4H3;5-8H,3-4,9-10H2,1-2H3;5-8H,3-4H2,1-2H3;3-6H,1-2H3. The Labute approximate surface area is 948 Å². The Balaban J connectivity index is 0.000000421. The highest BCUT2D eigenvalue weighted by Gasteiger charge is 2.20. The molecular weight excluding hydrogens is 2370 g/mol. The van der Waals surface area contributed by atoms with Crippen LogP contribution in [0.1, 0.15) is 211 Å². The molecular formula is C122H168Br9N11O2. The highest BCUT2D eigenvalue weighted by Crippen LogP contribution is 2.31. The summed E-state index contributed by atoms with van der Waals surface area (Å²) in [5.74, 6) is 1.63. The molecule has 0 amide bonds. The zero-order valence-corrected chi connectivity index (χ0v) is 104. The number of rotatable bonds is 49. The lowest BCUT2D eigenvalue weighted by Gasteiger charge is -2.33. The Morgan fingerprint density at radius 2 is 0.507 bits per heavy atom. The zero-order chi connectivity index (χ0) is 106. The van der Waals surface area contributed by atoms with Crippen molar-refractivity contribution in [3.63, 3.8) is 0 Å². The van der Waals surface area contributed by atoms with Crippen LogP contribution in [-0.4, -0.2) is 132 Å². The molecule has 2 unspecified atom stereocenters. The molecule has 0 radical (unpaired) electrons. The molecule has 0 aliphatic rings. The quantitative estimate of drug-likeness (QED) is 0.0362. The maximum Gasteiger partial charge on any atom is 0.0640 e. The molecule has 0 bridgehead atoms. The minimum atomic E-state index is 0.474. The summed E-state index contributed by atoms with van der Waals surface area (Å²) in [4.78, 5) is 21.1. The second kappa shape index (κ2) is 81.7. The van der Waals surface area contributed by atoms with Crippen molar-refractivity contribution in [2.45, 2.75) is 225 Å². The monoisotopic (exact) mass is 2530 g/mol. The van der Waals surface area contributed by atoms with Crippen molar-refractivity contribution >= 4 is 195 Å². The summed E-state index contributed by atoms with van der Waals surface area (Å²) in [5.41, 5.74) is 14.0. The highest BCUT2D eigenvalue weighted by atomic mass is 79.9. The van der Waals surface area contributed by atoms with Crippen LogP contribution in [0.5, 0.6) is 0 Å². The van der Waals surface area contributed by atoms with E-state index in [2.05, 4.69) is 527 Å². The van der Waals surface area contributed by atoms with Crippen LogP contribution in [-0.2, 0) is 22.6 Å². The van der Waals surface area contributed by atoms with Gasteiger partial charge in [-0.2, -0.15) is 10.5 Å². The average molecular weight is 2540 g/mol. The number of anilines is 9. The van der Waals surface area contributed by atoms with Crippen molar-refractivity contribution < 1.29 is 9.47 Å². The molecule has 11 aromatic carbocycles. The van der Waals surface area contributed by atoms with E-state index in [1.54, 1.807) is 14.2 Å². The number of hydrogen-bond donors (Lipinski definition) is 0. The van der Waals surface area contributed by atoms with Gasteiger partial charge in [0.2, 0.25) is 0 Å². The van der Waals surface area contributed by atoms with Gasteiger partial charge >= 0.3 is 0 Å². The van der Waals surface area contributed by atoms with Crippen molar-refractivity contribution in [1.82, 2.24) is 0 Å². The Bertz CT molecular complexity index is 4850. The summed E-state index contributed by atoms with van der Waals surface area (Å²) in [7, 11) is 7.50. The number of nitriles is 2. The largest absolute Gasteiger partial charge is 0.383 e. The number of hydrogen-bond acceptors (Lipinski definition) is 13. The minimum Gasteiger partial charge on any atom is -0.383 e. The van der Waals surface area contributed by atoms with Crippen LogP contribution < -0.4 is 44.1 Å². The molecule has 0 aliphatic heterocycles. The first-order chi connectivity index (χ1) is 69.5. The Kier molecular flexibility index (Phi) is 74.3. The molecule has 144 heavy (non-hydrogen) atoms. The summed E-state index contributed by atoms with van der Waals surface area (Å²) in [5, 5.41) is 17.2. The average Bonchev–Trinajstić information content (AvgIpc) is 0.847. The number of benzene rings is 11. The Morgan fingerprint density at radius 3 is 0.750 bits per heavy atom. The molecule has 0 spiro atoms. The minimum absolute atomic E-state index is 0.474. The lowest BCUT2D eigenvalue weighted by molar-refractivity contribution is 0.190. The fourth-order valence-corrected chi connectivity index (χ4v) is 18.2. The molecule has 13 nitrogen and oxygen atoms in total. The number of methoxy groups -OCH3 is 2. The molecule has 11 aromatic rings. The molecule has 11 rings (SSSR count). The van der Waals surface area contributed by atoms with Gasteiger partial charge in [0.05, 0.1) is 38.2 Å². The molecule has 786 valence electrons. The van der Waals surface area contributed by atoms with Crippen LogP contribution in [0.3, 0.4) is 0 Å². The third-order valence-electron chi connectivity index (χ3n) is 23.8. The van der Waals surface area contributed by atoms with Crippen molar-refractivity contribution in [3.05, 3.63) is 330 Å². The van der Waals surface area contributed by atoms with E-state index in [0.29, 0.717) is 38.0 Å². The van der Waals surface area contributed by atoms with Gasteiger partial charge in [-0.3, -0.25) is 0 Å². The maximum absolute atomic E-state index is 8.58. The van der Waals surface area contributed by atoms with Gasteiger partial charge in [-0.1, -0.05) is 311 Å². The van der Waals surface area contributed by atoms with E-state index < -0.39 is 0 Å². The molecule has 0 heterocycles. The van der Waals surface area contributed by atoms with Crippen molar-refractivity contribution in [3.8, 4) is 12.1 Å². The summed E-state index contributed by atoms with van der Waals surface area (Å²) >= 11 is 31.1. The summed E-state index contributed by atoms with van der Waals surface area (Å²) in [6.45, 7) is 47.0. The van der Waals surface area contributed by atoms with E-state index in [9.17, 15) is 0 Å². The van der Waals surface area contributed by atoms with Gasteiger partial charge in [0, 0.05) is 223 Å². The summed E-state index contributed by atoms with van der Waals surface area (Å²) < 4.78 is 20.3. The second-order valence-electron chi connectivity index (χ2n) is 36.0. The van der Waals surface area contributed by atoms with E-state index in [4.69, 9.17) is 20.0 Å². The lowest BCUT2D eigenvalue weighted by atomic mass is 9.95. The number of halogens is 9. The molecule has 0 fully saturated rings. The van der Waals surface area contributed by atoms with E-state index in [-0.39, 0.29) is 0 Å². The molecule has 0 aromatic heterocycles. The molecule has 0 saturated carbocycles. The molecule has 2 atom stereocenters. The number of nitrogens with zero attached hydrogens (tertiary/aromatic N) is 11. The van der Waals surface area contributed by atoms with Crippen LogP contribution in [0.15, 0.2) is 319 Å². The van der Waals surface area contributed by atoms with Crippen molar-refractivity contribution in [2.75, 3.05) is 164 Å².